The quantitative estimate of drug-likeness (QED) is 0.902. The summed E-state index contributed by atoms with van der Waals surface area (Å²) in [7, 11) is 0. The Morgan fingerprint density at radius 2 is 1.95 bits per heavy atom. The van der Waals surface area contributed by atoms with Gasteiger partial charge in [0.15, 0.2) is 0 Å². The summed E-state index contributed by atoms with van der Waals surface area (Å²) in [5.41, 5.74) is 0.302. The van der Waals surface area contributed by atoms with E-state index in [4.69, 9.17) is 5.11 Å². The van der Waals surface area contributed by atoms with Gasteiger partial charge in [-0.25, -0.2) is 9.18 Å². The summed E-state index contributed by atoms with van der Waals surface area (Å²) in [6, 6.07) is 7.07. The maximum Gasteiger partial charge on any atom is 0.341 e. The number of aryl methyl sites for hydroxylation is 2. The number of nitrogens with zero attached hydrogens (tertiary/aromatic N) is 1. The van der Waals surface area contributed by atoms with Crippen LogP contribution in [0.4, 0.5) is 4.39 Å². The van der Waals surface area contributed by atoms with Crippen LogP contribution in [0.3, 0.4) is 0 Å². The molecule has 0 bridgehead atoms. The minimum absolute atomic E-state index is 0.296. The van der Waals surface area contributed by atoms with E-state index in [1.807, 2.05) is 0 Å². The monoisotopic (exact) mass is 261 g/mol. The van der Waals surface area contributed by atoms with E-state index in [2.05, 4.69) is 0 Å². The first-order chi connectivity index (χ1) is 8.91. The first-order valence-corrected chi connectivity index (χ1v) is 5.64. The molecule has 1 heterocycles. The van der Waals surface area contributed by atoms with E-state index in [9.17, 15) is 14.0 Å². The van der Waals surface area contributed by atoms with Gasteiger partial charge in [-0.15, -0.1) is 0 Å². The standard InChI is InChI=1S/C14H12FNO3/c1-8-6-9(2)16(13(17)12(8)14(18)19)11-5-3-4-10(15)7-11/h3-7H,1-2H3,(H,18,19). The Morgan fingerprint density at radius 3 is 2.53 bits per heavy atom. The van der Waals surface area contributed by atoms with Gasteiger partial charge in [-0.05, 0) is 43.7 Å². The molecule has 2 aromatic rings. The fourth-order valence-electron chi connectivity index (χ4n) is 2.09. The maximum atomic E-state index is 13.2. The smallest absolute Gasteiger partial charge is 0.341 e. The Hall–Kier alpha value is -2.43. The molecule has 0 amide bonds. The Morgan fingerprint density at radius 1 is 1.26 bits per heavy atom. The van der Waals surface area contributed by atoms with Crippen molar-refractivity contribution >= 4 is 5.97 Å². The summed E-state index contributed by atoms with van der Waals surface area (Å²) in [6.45, 7) is 3.23. The van der Waals surface area contributed by atoms with Gasteiger partial charge in [-0.2, -0.15) is 0 Å². The molecule has 4 nitrogen and oxygen atoms in total. The van der Waals surface area contributed by atoms with Crippen LogP contribution in [0.2, 0.25) is 0 Å². The maximum absolute atomic E-state index is 13.2. The molecule has 0 radical (unpaired) electrons. The number of pyridine rings is 1. The van der Waals surface area contributed by atoms with Crippen molar-refractivity contribution in [1.29, 1.82) is 0 Å². The Labute approximate surface area is 108 Å². The molecule has 2 rings (SSSR count). The second kappa shape index (κ2) is 4.68. The highest BCUT2D eigenvalue weighted by Gasteiger charge is 2.17. The van der Waals surface area contributed by atoms with Gasteiger partial charge in [-0.3, -0.25) is 9.36 Å². The summed E-state index contributed by atoms with van der Waals surface area (Å²) < 4.78 is 14.4. The number of carbonyl (C=O) groups is 1. The van der Waals surface area contributed by atoms with E-state index in [0.717, 1.165) is 0 Å². The van der Waals surface area contributed by atoms with E-state index >= 15 is 0 Å². The molecule has 0 spiro atoms. The predicted molar refractivity (Wildman–Crippen MR) is 68.4 cm³/mol. The van der Waals surface area contributed by atoms with Gasteiger partial charge < -0.3 is 5.11 Å². The average molecular weight is 261 g/mol. The normalized spacial score (nSPS) is 10.5. The zero-order valence-electron chi connectivity index (χ0n) is 10.5. The van der Waals surface area contributed by atoms with E-state index in [1.165, 1.54) is 22.8 Å². The lowest BCUT2D eigenvalue weighted by Crippen LogP contribution is -2.28. The molecule has 0 aliphatic carbocycles. The summed E-state index contributed by atoms with van der Waals surface area (Å²) in [5.74, 6) is -1.77. The van der Waals surface area contributed by atoms with Crippen molar-refractivity contribution in [3.8, 4) is 5.69 Å². The number of halogens is 1. The third kappa shape index (κ3) is 2.27. The number of benzene rings is 1. The fraction of sp³-hybridized carbons (Fsp3) is 0.143. The van der Waals surface area contributed by atoms with Crippen LogP contribution in [0.15, 0.2) is 35.1 Å². The van der Waals surface area contributed by atoms with Gasteiger partial charge >= 0.3 is 5.97 Å². The Balaban J connectivity index is 2.81. The summed E-state index contributed by atoms with van der Waals surface area (Å²) in [4.78, 5) is 23.3. The molecular weight excluding hydrogens is 249 g/mol. The Bertz CT molecular complexity index is 719. The molecule has 98 valence electrons. The van der Waals surface area contributed by atoms with Crippen molar-refractivity contribution in [3.63, 3.8) is 0 Å². The van der Waals surface area contributed by atoms with Crippen LogP contribution in [0.25, 0.3) is 5.69 Å². The molecule has 1 aromatic heterocycles. The molecule has 0 saturated carbocycles. The van der Waals surface area contributed by atoms with Crippen LogP contribution in [-0.4, -0.2) is 15.6 Å². The van der Waals surface area contributed by atoms with Crippen LogP contribution in [0.1, 0.15) is 21.6 Å². The van der Waals surface area contributed by atoms with Crippen LogP contribution < -0.4 is 5.56 Å². The lowest BCUT2D eigenvalue weighted by Gasteiger charge is -2.12. The topological polar surface area (TPSA) is 59.3 Å². The third-order valence-electron chi connectivity index (χ3n) is 2.87. The molecule has 0 unspecified atom stereocenters. The van der Waals surface area contributed by atoms with Crippen molar-refractivity contribution < 1.29 is 14.3 Å². The second-order valence-corrected chi connectivity index (χ2v) is 4.27. The van der Waals surface area contributed by atoms with Gasteiger partial charge in [-0.1, -0.05) is 6.07 Å². The zero-order chi connectivity index (χ0) is 14.2. The first kappa shape index (κ1) is 13.0. The van der Waals surface area contributed by atoms with Crippen LogP contribution in [0, 0.1) is 19.7 Å². The molecule has 0 aliphatic rings. The third-order valence-corrected chi connectivity index (χ3v) is 2.87. The summed E-state index contributed by atoms with van der Waals surface area (Å²) in [6.07, 6.45) is 0. The van der Waals surface area contributed by atoms with Gasteiger partial charge in [0.1, 0.15) is 11.4 Å². The number of hydrogen-bond donors (Lipinski definition) is 1. The van der Waals surface area contributed by atoms with Crippen molar-refractivity contribution in [2.45, 2.75) is 13.8 Å². The number of carboxylic acids is 1. The summed E-state index contributed by atoms with van der Waals surface area (Å²) in [5, 5.41) is 9.08. The number of rotatable bonds is 2. The number of hydrogen-bond acceptors (Lipinski definition) is 2. The van der Waals surface area contributed by atoms with Crippen LogP contribution in [0.5, 0.6) is 0 Å². The van der Waals surface area contributed by atoms with Gasteiger partial charge in [0, 0.05) is 5.69 Å². The van der Waals surface area contributed by atoms with E-state index in [1.54, 1.807) is 26.0 Å². The van der Waals surface area contributed by atoms with E-state index < -0.39 is 17.3 Å². The fourth-order valence-corrected chi connectivity index (χ4v) is 2.09. The molecule has 5 heteroatoms. The number of aromatic nitrogens is 1. The lowest BCUT2D eigenvalue weighted by molar-refractivity contribution is 0.0693. The second-order valence-electron chi connectivity index (χ2n) is 4.27. The van der Waals surface area contributed by atoms with Crippen LogP contribution >= 0.6 is 0 Å². The molecular formula is C14H12FNO3. The van der Waals surface area contributed by atoms with Gasteiger partial charge in [0.05, 0.1) is 5.69 Å². The minimum atomic E-state index is -1.28. The highest BCUT2D eigenvalue weighted by molar-refractivity contribution is 5.89. The molecule has 0 fully saturated rings. The number of aromatic carboxylic acids is 1. The SMILES string of the molecule is Cc1cc(C)n(-c2cccc(F)c2)c(=O)c1C(=O)O. The first-order valence-electron chi connectivity index (χ1n) is 5.64. The largest absolute Gasteiger partial charge is 0.477 e. The molecule has 19 heavy (non-hydrogen) atoms. The van der Waals surface area contributed by atoms with Crippen molar-refractivity contribution in [3.05, 3.63) is 63.3 Å². The van der Waals surface area contributed by atoms with E-state index in [0.29, 0.717) is 16.9 Å². The van der Waals surface area contributed by atoms with Crippen molar-refractivity contribution in [2.75, 3.05) is 0 Å². The Kier molecular flexibility index (Phi) is 3.21. The molecule has 0 aliphatic heterocycles. The highest BCUT2D eigenvalue weighted by atomic mass is 19.1. The average Bonchev–Trinajstić information content (AvgIpc) is 2.27. The lowest BCUT2D eigenvalue weighted by atomic mass is 10.1. The molecule has 0 saturated heterocycles. The zero-order valence-corrected chi connectivity index (χ0v) is 10.5. The molecule has 1 aromatic carbocycles. The van der Waals surface area contributed by atoms with Crippen molar-refractivity contribution in [2.24, 2.45) is 0 Å². The minimum Gasteiger partial charge on any atom is -0.477 e. The van der Waals surface area contributed by atoms with Crippen molar-refractivity contribution in [1.82, 2.24) is 4.57 Å². The summed E-state index contributed by atoms with van der Waals surface area (Å²) >= 11 is 0. The highest BCUT2D eigenvalue weighted by Crippen LogP contribution is 2.13. The van der Waals surface area contributed by atoms with Crippen LogP contribution in [-0.2, 0) is 0 Å². The van der Waals surface area contributed by atoms with Gasteiger partial charge in [0.2, 0.25) is 0 Å². The predicted octanol–water partition coefficient (Wildman–Crippen LogP) is 2.29. The number of carboxylic acid groups (broad SMARTS) is 1. The molecule has 0 atom stereocenters. The van der Waals surface area contributed by atoms with E-state index in [-0.39, 0.29) is 5.56 Å². The van der Waals surface area contributed by atoms with Gasteiger partial charge in [0.25, 0.3) is 5.56 Å². The molecule has 1 N–H and O–H groups in total.